The van der Waals surface area contributed by atoms with Gasteiger partial charge in [-0.05, 0) is 40.5 Å². The van der Waals surface area contributed by atoms with Gasteiger partial charge in [-0.2, -0.15) is 5.06 Å². The van der Waals surface area contributed by atoms with Crippen molar-refractivity contribution in [2.45, 2.75) is 51.6 Å². The molecule has 1 aliphatic rings. The molecule has 0 unspecified atom stereocenters. The average molecular weight is 206 g/mol. The van der Waals surface area contributed by atoms with Gasteiger partial charge in [0.25, 0.3) is 5.09 Å². The van der Waals surface area contributed by atoms with E-state index < -0.39 is 5.09 Å². The van der Waals surface area contributed by atoms with E-state index >= 15 is 0 Å². The van der Waals surface area contributed by atoms with Crippen molar-refractivity contribution >= 4 is 0 Å². The van der Waals surface area contributed by atoms with Gasteiger partial charge in [0.1, 0.15) is 0 Å². The predicted octanol–water partition coefficient (Wildman–Crippen LogP) is 1.68. The molecule has 6 heteroatoms. The van der Waals surface area contributed by atoms with Crippen LogP contribution >= 0.6 is 0 Å². The highest BCUT2D eigenvalue weighted by molar-refractivity contribution is 4.95. The molecule has 14 heavy (non-hydrogen) atoms. The van der Waals surface area contributed by atoms with Gasteiger partial charge in [-0.1, -0.05) is 0 Å². The van der Waals surface area contributed by atoms with Gasteiger partial charge in [0.15, 0.2) is 0 Å². The number of hydrogen-bond donors (Lipinski definition) is 2. The average Bonchev–Trinajstić information content (AvgIpc) is 2.14. The van der Waals surface area contributed by atoms with Gasteiger partial charge in [0.2, 0.25) is 0 Å². The topological polar surface area (TPSA) is 86.8 Å². The van der Waals surface area contributed by atoms with Gasteiger partial charge < -0.3 is 10.4 Å². The maximum Gasteiger partial charge on any atom is 0.291 e. The van der Waals surface area contributed by atoms with Gasteiger partial charge in [0.05, 0.1) is 0 Å². The molecule has 2 N–H and O–H groups in total. The maximum absolute atomic E-state index is 9.62. The van der Waals surface area contributed by atoms with E-state index in [9.17, 15) is 5.21 Å². The van der Waals surface area contributed by atoms with Crippen molar-refractivity contribution in [3.05, 3.63) is 10.1 Å². The zero-order valence-corrected chi connectivity index (χ0v) is 9.02. The molecular weight excluding hydrogens is 188 g/mol. The van der Waals surface area contributed by atoms with Crippen LogP contribution in [0.3, 0.4) is 0 Å². The monoisotopic (exact) mass is 206 g/mol. The zero-order valence-electron chi connectivity index (χ0n) is 9.02. The lowest BCUT2D eigenvalue weighted by atomic mass is 10.0. The van der Waals surface area contributed by atoms with E-state index in [1.165, 1.54) is 5.06 Å². The minimum Gasteiger partial charge on any atom is -0.328 e. The van der Waals surface area contributed by atoms with Crippen LogP contribution in [0.2, 0.25) is 0 Å². The van der Waals surface area contributed by atoms with E-state index in [1.807, 2.05) is 0 Å². The quantitative estimate of drug-likeness (QED) is 0.465. The molecule has 1 saturated heterocycles. The number of hydrogen-bond acceptors (Lipinski definition) is 4. The molecule has 0 bridgehead atoms. The molecular formula is C8H18N2O4. The van der Waals surface area contributed by atoms with Gasteiger partial charge in [-0.3, -0.25) is 0 Å². The van der Waals surface area contributed by atoms with Gasteiger partial charge >= 0.3 is 0 Å². The van der Waals surface area contributed by atoms with Crippen molar-refractivity contribution < 1.29 is 15.5 Å². The van der Waals surface area contributed by atoms with Crippen LogP contribution in [0.5, 0.6) is 0 Å². The summed E-state index contributed by atoms with van der Waals surface area (Å²) in [4.78, 5) is 8.36. The van der Waals surface area contributed by atoms with Crippen LogP contribution in [-0.4, -0.2) is 31.6 Å². The Bertz CT molecular complexity index is 195. The second-order valence-corrected chi connectivity index (χ2v) is 4.67. The van der Waals surface area contributed by atoms with Gasteiger partial charge in [0, 0.05) is 11.1 Å². The largest absolute Gasteiger partial charge is 0.328 e. The SMILES string of the molecule is CC1(C)CCC(C)(C)N1O.O=[N+]([O-])O. The fraction of sp³-hybridized carbons (Fsp3) is 1.00. The summed E-state index contributed by atoms with van der Waals surface area (Å²) in [5.74, 6) is 0. The Labute approximate surface area is 83.2 Å². The molecule has 0 spiro atoms. The van der Waals surface area contributed by atoms with Crippen molar-refractivity contribution in [2.24, 2.45) is 0 Å². The second-order valence-electron chi connectivity index (χ2n) is 4.67. The third-order valence-electron chi connectivity index (χ3n) is 2.50. The molecule has 6 nitrogen and oxygen atoms in total. The van der Waals surface area contributed by atoms with Crippen LogP contribution < -0.4 is 0 Å². The van der Waals surface area contributed by atoms with E-state index in [1.54, 1.807) is 0 Å². The Morgan fingerprint density at radius 3 is 1.50 bits per heavy atom. The van der Waals surface area contributed by atoms with Gasteiger partial charge in [-0.25, -0.2) is 0 Å². The minimum absolute atomic E-state index is 0.0243. The van der Waals surface area contributed by atoms with Crippen molar-refractivity contribution in [1.29, 1.82) is 0 Å². The summed E-state index contributed by atoms with van der Waals surface area (Å²) in [5.41, 5.74) is -0.0486. The van der Waals surface area contributed by atoms with E-state index in [0.717, 1.165) is 12.8 Å². The van der Waals surface area contributed by atoms with Crippen molar-refractivity contribution in [3.63, 3.8) is 0 Å². The lowest BCUT2D eigenvalue weighted by Crippen LogP contribution is -2.45. The lowest BCUT2D eigenvalue weighted by molar-refractivity contribution is -0.742. The van der Waals surface area contributed by atoms with Crippen LogP contribution in [0.15, 0.2) is 0 Å². The zero-order chi connectivity index (χ0) is 11.6. The standard InChI is InChI=1S/C8H17NO.HNO3/c1-7(2)5-6-8(3,4)9(7)10;2-1(3)4/h10H,5-6H2,1-4H3;(H,2,3,4). The van der Waals surface area contributed by atoms with E-state index in [-0.39, 0.29) is 11.1 Å². The summed E-state index contributed by atoms with van der Waals surface area (Å²) in [6, 6.07) is 0. The maximum atomic E-state index is 9.62. The van der Waals surface area contributed by atoms with Crippen molar-refractivity contribution in [1.82, 2.24) is 5.06 Å². The van der Waals surface area contributed by atoms with Gasteiger partial charge in [-0.15, -0.1) is 10.1 Å². The first-order valence-corrected chi connectivity index (χ1v) is 4.42. The highest BCUT2D eigenvalue weighted by Gasteiger charge is 2.43. The Hall–Kier alpha value is -0.880. The predicted molar refractivity (Wildman–Crippen MR) is 49.8 cm³/mol. The van der Waals surface area contributed by atoms with E-state index in [0.29, 0.717) is 0 Å². The first-order chi connectivity index (χ1) is 6.09. The summed E-state index contributed by atoms with van der Waals surface area (Å²) in [5, 5.41) is 24.7. The molecule has 0 aromatic heterocycles. The number of nitrogens with zero attached hydrogens (tertiary/aromatic N) is 2. The number of rotatable bonds is 0. The Balaban J connectivity index is 0.000000364. The second kappa shape index (κ2) is 4.10. The Morgan fingerprint density at radius 2 is 1.43 bits per heavy atom. The number of hydroxylamine groups is 2. The molecule has 0 amide bonds. The molecule has 0 aliphatic carbocycles. The fourth-order valence-corrected chi connectivity index (χ4v) is 1.64. The Morgan fingerprint density at radius 1 is 1.21 bits per heavy atom. The molecule has 0 saturated carbocycles. The highest BCUT2D eigenvalue weighted by Crippen LogP contribution is 2.38. The van der Waals surface area contributed by atoms with Crippen molar-refractivity contribution in [3.8, 4) is 0 Å². The smallest absolute Gasteiger partial charge is 0.291 e. The summed E-state index contributed by atoms with van der Waals surface area (Å²) < 4.78 is 0. The molecule has 0 atom stereocenters. The molecule has 0 aromatic rings. The lowest BCUT2D eigenvalue weighted by Gasteiger charge is -2.34. The molecule has 0 aromatic carbocycles. The molecule has 84 valence electrons. The van der Waals surface area contributed by atoms with Crippen LogP contribution in [0.1, 0.15) is 40.5 Å². The summed E-state index contributed by atoms with van der Waals surface area (Å²) in [7, 11) is 0. The summed E-state index contributed by atoms with van der Waals surface area (Å²) >= 11 is 0. The molecule has 1 aliphatic heterocycles. The van der Waals surface area contributed by atoms with Crippen molar-refractivity contribution in [2.75, 3.05) is 0 Å². The molecule has 1 rings (SSSR count). The van der Waals surface area contributed by atoms with Crippen LogP contribution in [0.4, 0.5) is 0 Å². The third kappa shape index (κ3) is 3.47. The van der Waals surface area contributed by atoms with Crippen LogP contribution in [0.25, 0.3) is 0 Å². The van der Waals surface area contributed by atoms with E-state index in [2.05, 4.69) is 27.7 Å². The van der Waals surface area contributed by atoms with E-state index in [4.69, 9.17) is 15.3 Å². The third-order valence-corrected chi connectivity index (χ3v) is 2.50. The summed E-state index contributed by atoms with van der Waals surface area (Å²) in [6.45, 7) is 8.28. The minimum atomic E-state index is -1.50. The Kier molecular flexibility index (Phi) is 3.84. The fourth-order valence-electron chi connectivity index (χ4n) is 1.64. The first kappa shape index (κ1) is 13.1. The van der Waals surface area contributed by atoms with Crippen LogP contribution in [0, 0.1) is 10.1 Å². The highest BCUT2D eigenvalue weighted by atomic mass is 16.9. The molecule has 1 heterocycles. The first-order valence-electron chi connectivity index (χ1n) is 4.42. The van der Waals surface area contributed by atoms with Crippen LogP contribution in [-0.2, 0) is 0 Å². The normalized spacial score (nSPS) is 23.8. The molecule has 1 fully saturated rings. The molecule has 0 radical (unpaired) electrons. The summed E-state index contributed by atoms with van der Waals surface area (Å²) in [6.07, 6.45) is 2.16.